The SMILES string of the molecule is [O-]OOSC(F)(F)CF. The molecule has 3 nitrogen and oxygen atoms in total. The van der Waals surface area contributed by atoms with E-state index in [4.69, 9.17) is 5.26 Å². The van der Waals surface area contributed by atoms with Gasteiger partial charge in [0.2, 0.25) is 0 Å². The van der Waals surface area contributed by atoms with Gasteiger partial charge in [-0.2, -0.15) is 13.1 Å². The van der Waals surface area contributed by atoms with Crippen molar-refractivity contribution in [2.24, 2.45) is 0 Å². The van der Waals surface area contributed by atoms with E-state index in [-0.39, 0.29) is 0 Å². The van der Waals surface area contributed by atoms with E-state index >= 15 is 0 Å². The van der Waals surface area contributed by atoms with Crippen LogP contribution in [0.1, 0.15) is 0 Å². The van der Waals surface area contributed by atoms with Gasteiger partial charge in [-0.3, -0.25) is 5.04 Å². The number of rotatable bonds is 4. The molecule has 0 spiro atoms. The summed E-state index contributed by atoms with van der Waals surface area (Å²) in [7, 11) is 0. The maximum Gasteiger partial charge on any atom is 0.348 e. The Morgan fingerprint density at radius 2 is 2.11 bits per heavy atom. The zero-order chi connectivity index (χ0) is 7.33. The summed E-state index contributed by atoms with van der Waals surface area (Å²) in [5.41, 5.74) is 0. The highest BCUT2D eigenvalue weighted by Crippen LogP contribution is 2.29. The molecule has 0 aliphatic heterocycles. The lowest BCUT2D eigenvalue weighted by Crippen LogP contribution is -2.15. The highest BCUT2D eigenvalue weighted by atomic mass is 32.2. The molecule has 0 aliphatic rings. The summed E-state index contributed by atoms with van der Waals surface area (Å²) in [6, 6.07) is 0. The highest BCUT2D eigenvalue weighted by Gasteiger charge is 2.31. The molecule has 9 heavy (non-hydrogen) atoms. The van der Waals surface area contributed by atoms with E-state index in [2.05, 4.69) is 9.37 Å². The zero-order valence-corrected chi connectivity index (χ0v) is 4.79. The van der Waals surface area contributed by atoms with Crippen LogP contribution in [0.15, 0.2) is 0 Å². The van der Waals surface area contributed by atoms with Crippen molar-refractivity contribution >= 4 is 12.0 Å². The molecule has 0 N–H and O–H groups in total. The minimum atomic E-state index is -3.70. The Balaban J connectivity index is 3.33. The molecule has 0 aromatic carbocycles. The van der Waals surface area contributed by atoms with Crippen LogP contribution in [-0.2, 0) is 9.37 Å². The lowest BCUT2D eigenvalue weighted by molar-refractivity contribution is -0.777. The Labute approximate surface area is 52.8 Å². The third-order valence-corrected chi connectivity index (χ3v) is 0.816. The molecule has 0 radical (unpaired) electrons. The van der Waals surface area contributed by atoms with Crippen LogP contribution >= 0.6 is 12.0 Å². The third-order valence-electron chi connectivity index (χ3n) is 0.339. The fraction of sp³-hybridized carbons (Fsp3) is 1.00. The Bertz CT molecular complexity index is 79.5. The summed E-state index contributed by atoms with van der Waals surface area (Å²) in [6.07, 6.45) is 0. The first-order chi connectivity index (χ1) is 4.12. The van der Waals surface area contributed by atoms with Gasteiger partial charge in [-0.05, 0) is 0 Å². The van der Waals surface area contributed by atoms with Crippen molar-refractivity contribution in [1.29, 1.82) is 0 Å². The van der Waals surface area contributed by atoms with Crippen molar-refractivity contribution in [1.82, 2.24) is 0 Å². The summed E-state index contributed by atoms with van der Waals surface area (Å²) >= 11 is -0.664. The monoisotopic (exact) mass is 163 g/mol. The fourth-order valence-electron chi connectivity index (χ4n) is 0.0859. The van der Waals surface area contributed by atoms with Gasteiger partial charge in [0.25, 0.3) is 0 Å². The normalized spacial score (nSPS) is 12.0. The van der Waals surface area contributed by atoms with E-state index in [1.54, 1.807) is 0 Å². The first-order valence-electron chi connectivity index (χ1n) is 1.70. The van der Waals surface area contributed by atoms with Crippen molar-refractivity contribution in [2.75, 3.05) is 6.67 Å². The fourth-order valence-corrected chi connectivity index (χ4v) is 0.258. The van der Waals surface area contributed by atoms with Gasteiger partial charge in [0.15, 0.2) is 6.67 Å². The molecule has 0 saturated heterocycles. The van der Waals surface area contributed by atoms with Crippen LogP contribution in [0.4, 0.5) is 13.2 Å². The Hall–Kier alpha value is 0.0200. The van der Waals surface area contributed by atoms with Crippen molar-refractivity contribution in [2.45, 2.75) is 5.25 Å². The molecule has 0 saturated carbocycles. The highest BCUT2D eigenvalue weighted by molar-refractivity contribution is 7.95. The molecule has 0 aromatic rings. The van der Waals surface area contributed by atoms with Gasteiger partial charge in [-0.1, -0.05) is 0 Å². The topological polar surface area (TPSA) is 41.5 Å². The maximum atomic E-state index is 11.6. The summed E-state index contributed by atoms with van der Waals surface area (Å²) in [6.45, 7) is -1.90. The molecule has 56 valence electrons. The van der Waals surface area contributed by atoms with Gasteiger partial charge in [-0.25, -0.2) is 4.39 Å². The average Bonchev–Trinajstić information content (AvgIpc) is 1.84. The minimum absolute atomic E-state index is 0.664. The van der Waals surface area contributed by atoms with Crippen molar-refractivity contribution < 1.29 is 27.8 Å². The summed E-state index contributed by atoms with van der Waals surface area (Å²) in [4.78, 5) is 0. The molecule has 0 aromatic heterocycles. The molecule has 0 rings (SSSR count). The summed E-state index contributed by atoms with van der Waals surface area (Å²) in [5.74, 6) is 0. The van der Waals surface area contributed by atoms with E-state index in [0.29, 0.717) is 0 Å². The second-order valence-electron chi connectivity index (χ2n) is 0.990. The summed E-state index contributed by atoms with van der Waals surface area (Å²) < 4.78 is 37.4. The molecule has 7 heteroatoms. The lowest BCUT2D eigenvalue weighted by atomic mass is 10.8. The molecular weight excluding hydrogens is 161 g/mol. The predicted octanol–water partition coefficient (Wildman–Crippen LogP) is 0.420. The average molecular weight is 163 g/mol. The number of alkyl halides is 3. The van der Waals surface area contributed by atoms with E-state index in [1.165, 1.54) is 0 Å². The van der Waals surface area contributed by atoms with Gasteiger partial charge in [0, 0.05) is 0 Å². The van der Waals surface area contributed by atoms with Gasteiger partial charge in [-0.15, -0.1) is 0 Å². The van der Waals surface area contributed by atoms with Crippen molar-refractivity contribution in [3.05, 3.63) is 0 Å². The van der Waals surface area contributed by atoms with Crippen LogP contribution in [0.5, 0.6) is 0 Å². The van der Waals surface area contributed by atoms with E-state index in [9.17, 15) is 13.2 Å². The molecule has 0 aliphatic carbocycles. The molecule has 0 fully saturated rings. The van der Waals surface area contributed by atoms with Crippen LogP contribution in [0.3, 0.4) is 0 Å². The van der Waals surface area contributed by atoms with Crippen molar-refractivity contribution in [3.8, 4) is 0 Å². The van der Waals surface area contributed by atoms with E-state index < -0.39 is 24.0 Å². The second-order valence-corrected chi connectivity index (χ2v) is 1.89. The van der Waals surface area contributed by atoms with Crippen LogP contribution < -0.4 is 5.26 Å². The Morgan fingerprint density at radius 1 is 1.56 bits per heavy atom. The van der Waals surface area contributed by atoms with E-state index in [1.807, 2.05) is 0 Å². The first-order valence-corrected chi connectivity index (χ1v) is 2.44. The van der Waals surface area contributed by atoms with Crippen LogP contribution in [0.2, 0.25) is 0 Å². The quantitative estimate of drug-likeness (QED) is 0.342. The van der Waals surface area contributed by atoms with E-state index in [0.717, 1.165) is 0 Å². The molecule has 0 bridgehead atoms. The minimum Gasteiger partial charge on any atom is -0.691 e. The van der Waals surface area contributed by atoms with Crippen LogP contribution in [0, 0.1) is 0 Å². The van der Waals surface area contributed by atoms with Crippen LogP contribution in [0.25, 0.3) is 0 Å². The number of hydrogen-bond donors (Lipinski definition) is 0. The largest absolute Gasteiger partial charge is 0.691 e. The maximum absolute atomic E-state index is 11.6. The molecule has 0 atom stereocenters. The standard InChI is InChI=1S/C2H3F3O3S/c3-1-2(4,5)9-8-7-6/h6H,1H2/p-1. The van der Waals surface area contributed by atoms with Gasteiger partial charge in [0.1, 0.15) is 12.0 Å². The molecular formula is C2H2F3O3S-. The molecule has 0 heterocycles. The smallest absolute Gasteiger partial charge is 0.348 e. The predicted molar refractivity (Wildman–Crippen MR) is 20.7 cm³/mol. The first kappa shape index (κ1) is 9.02. The van der Waals surface area contributed by atoms with Crippen LogP contribution in [-0.4, -0.2) is 11.9 Å². The zero-order valence-electron chi connectivity index (χ0n) is 3.97. The Kier molecular flexibility index (Phi) is 3.95. The van der Waals surface area contributed by atoms with Gasteiger partial charge >= 0.3 is 5.25 Å². The second kappa shape index (κ2) is 3.94. The number of halogens is 3. The molecule has 0 unspecified atom stereocenters. The Morgan fingerprint density at radius 3 is 2.44 bits per heavy atom. The third kappa shape index (κ3) is 4.52. The number of hydrogen-bond acceptors (Lipinski definition) is 4. The molecule has 0 amide bonds. The van der Waals surface area contributed by atoms with Crippen molar-refractivity contribution in [3.63, 3.8) is 0 Å². The van der Waals surface area contributed by atoms with Gasteiger partial charge in [0.05, 0.1) is 0 Å². The summed E-state index contributed by atoms with van der Waals surface area (Å²) in [5, 5.41) is 7.74. The van der Waals surface area contributed by atoms with Gasteiger partial charge < -0.3 is 5.26 Å². The lowest BCUT2D eigenvalue weighted by Gasteiger charge is -2.10.